The highest BCUT2D eigenvalue weighted by Crippen LogP contribution is 2.26. The van der Waals surface area contributed by atoms with Gasteiger partial charge in [0.05, 0.1) is 19.0 Å². The number of rotatable bonds is 6. The number of hydrogen-bond donors (Lipinski definition) is 1. The van der Waals surface area contributed by atoms with Gasteiger partial charge in [-0.3, -0.25) is 0 Å². The zero-order valence-corrected chi connectivity index (χ0v) is 15.1. The van der Waals surface area contributed by atoms with Gasteiger partial charge in [-0.1, -0.05) is 25.6 Å². The van der Waals surface area contributed by atoms with E-state index in [0.29, 0.717) is 35.8 Å². The first-order chi connectivity index (χ1) is 12.0. The van der Waals surface area contributed by atoms with Crippen LogP contribution in [-0.2, 0) is 10.5 Å². The number of morpholine rings is 1. The van der Waals surface area contributed by atoms with Gasteiger partial charge in [0, 0.05) is 24.8 Å². The molecule has 3 rings (SSSR count). The maximum atomic E-state index is 10.9. The van der Waals surface area contributed by atoms with Crippen LogP contribution in [0, 0.1) is 0 Å². The van der Waals surface area contributed by atoms with Crippen molar-refractivity contribution in [3.63, 3.8) is 0 Å². The van der Waals surface area contributed by atoms with Crippen molar-refractivity contribution < 1.29 is 19.1 Å². The van der Waals surface area contributed by atoms with Crippen LogP contribution >= 0.6 is 11.8 Å². The predicted octanol–water partition coefficient (Wildman–Crippen LogP) is 3.02. The number of carboxylic acid groups (broad SMARTS) is 1. The van der Waals surface area contributed by atoms with Crippen LogP contribution in [0.1, 0.15) is 41.8 Å². The number of thioether (sulfide) groups is 1. The average Bonchev–Trinajstić information content (AvgIpc) is 3.10. The first-order valence-electron chi connectivity index (χ1n) is 8.19. The summed E-state index contributed by atoms with van der Waals surface area (Å²) in [7, 11) is 0. The highest BCUT2D eigenvalue weighted by Gasteiger charge is 2.17. The lowest BCUT2D eigenvalue weighted by Gasteiger charge is -2.28. The molecular formula is C17H21N3O4S. The Balaban J connectivity index is 1.76. The second-order valence-electron chi connectivity index (χ2n) is 6.05. The summed E-state index contributed by atoms with van der Waals surface area (Å²) < 4.78 is 10.7. The molecule has 134 valence electrons. The van der Waals surface area contributed by atoms with Gasteiger partial charge in [-0.25, -0.2) is 14.8 Å². The first kappa shape index (κ1) is 17.8. The molecule has 0 radical (unpaired) electrons. The van der Waals surface area contributed by atoms with Crippen LogP contribution in [0.2, 0.25) is 0 Å². The van der Waals surface area contributed by atoms with E-state index in [2.05, 4.69) is 28.7 Å². The predicted molar refractivity (Wildman–Crippen MR) is 94.4 cm³/mol. The Hall–Kier alpha value is -2.06. The summed E-state index contributed by atoms with van der Waals surface area (Å²) in [5.74, 6) is 1.16. The third-order valence-corrected chi connectivity index (χ3v) is 4.72. The van der Waals surface area contributed by atoms with E-state index >= 15 is 0 Å². The topological polar surface area (TPSA) is 88.7 Å². The Morgan fingerprint density at radius 2 is 2.08 bits per heavy atom. The fourth-order valence-corrected chi connectivity index (χ4v) is 3.21. The largest absolute Gasteiger partial charge is 0.475 e. The maximum absolute atomic E-state index is 10.9. The lowest BCUT2D eigenvalue weighted by atomic mass is 10.1. The Morgan fingerprint density at radius 1 is 1.32 bits per heavy atom. The Kier molecular flexibility index (Phi) is 5.60. The van der Waals surface area contributed by atoms with E-state index in [1.54, 1.807) is 6.07 Å². The summed E-state index contributed by atoms with van der Waals surface area (Å²) in [5, 5.41) is 9.59. The van der Waals surface area contributed by atoms with E-state index in [-0.39, 0.29) is 5.76 Å². The van der Waals surface area contributed by atoms with Gasteiger partial charge in [0.1, 0.15) is 11.6 Å². The zero-order chi connectivity index (χ0) is 17.8. The van der Waals surface area contributed by atoms with Crippen molar-refractivity contribution in [3.05, 3.63) is 35.4 Å². The SMILES string of the molecule is CC(C)c1cc(N2CCOCC2)nc(SCc2ccc(C(=O)O)o2)n1. The number of carboxylic acids is 1. The number of furan rings is 1. The summed E-state index contributed by atoms with van der Waals surface area (Å²) in [6.45, 7) is 7.25. The van der Waals surface area contributed by atoms with Crippen molar-refractivity contribution in [2.75, 3.05) is 31.2 Å². The van der Waals surface area contributed by atoms with Crippen molar-refractivity contribution in [2.45, 2.75) is 30.7 Å². The molecule has 0 atom stereocenters. The number of aromatic carboxylic acids is 1. The molecule has 0 aromatic carbocycles. The zero-order valence-electron chi connectivity index (χ0n) is 14.3. The number of aromatic nitrogens is 2. The minimum absolute atomic E-state index is 0.0542. The lowest BCUT2D eigenvalue weighted by molar-refractivity contribution is 0.0661. The van der Waals surface area contributed by atoms with E-state index in [0.717, 1.165) is 24.6 Å². The summed E-state index contributed by atoms with van der Waals surface area (Å²) >= 11 is 1.44. The van der Waals surface area contributed by atoms with Crippen molar-refractivity contribution in [1.82, 2.24) is 9.97 Å². The molecule has 0 unspecified atom stereocenters. The monoisotopic (exact) mass is 363 g/mol. The molecule has 1 saturated heterocycles. The van der Waals surface area contributed by atoms with Crippen molar-refractivity contribution >= 4 is 23.5 Å². The molecule has 0 spiro atoms. The van der Waals surface area contributed by atoms with Crippen LogP contribution in [0.25, 0.3) is 0 Å². The van der Waals surface area contributed by atoms with E-state index < -0.39 is 5.97 Å². The molecule has 1 aliphatic heterocycles. The fourth-order valence-electron chi connectivity index (χ4n) is 2.45. The molecule has 1 aliphatic rings. The third-order valence-electron chi connectivity index (χ3n) is 3.85. The molecule has 25 heavy (non-hydrogen) atoms. The van der Waals surface area contributed by atoms with Gasteiger partial charge < -0.3 is 19.2 Å². The van der Waals surface area contributed by atoms with E-state index in [1.807, 2.05) is 6.07 Å². The summed E-state index contributed by atoms with van der Waals surface area (Å²) in [6.07, 6.45) is 0. The smallest absolute Gasteiger partial charge is 0.371 e. The van der Waals surface area contributed by atoms with Crippen molar-refractivity contribution in [2.24, 2.45) is 0 Å². The van der Waals surface area contributed by atoms with Crippen LogP contribution in [0.5, 0.6) is 0 Å². The van der Waals surface area contributed by atoms with Gasteiger partial charge in [-0.15, -0.1) is 0 Å². The average molecular weight is 363 g/mol. The summed E-state index contributed by atoms with van der Waals surface area (Å²) in [4.78, 5) is 22.4. The summed E-state index contributed by atoms with van der Waals surface area (Å²) in [5.41, 5.74) is 0.990. The van der Waals surface area contributed by atoms with Crippen LogP contribution in [0.3, 0.4) is 0 Å². The molecular weight excluding hydrogens is 342 g/mol. The molecule has 3 heterocycles. The second kappa shape index (κ2) is 7.88. The normalized spacial score (nSPS) is 14.9. The number of hydrogen-bond acceptors (Lipinski definition) is 7. The highest BCUT2D eigenvalue weighted by atomic mass is 32.2. The van der Waals surface area contributed by atoms with Gasteiger partial charge in [-0.05, 0) is 18.1 Å². The molecule has 0 bridgehead atoms. The quantitative estimate of drug-likeness (QED) is 0.619. The second-order valence-corrected chi connectivity index (χ2v) is 6.99. The van der Waals surface area contributed by atoms with Gasteiger partial charge in [0.25, 0.3) is 0 Å². The van der Waals surface area contributed by atoms with E-state index in [1.165, 1.54) is 17.8 Å². The number of anilines is 1. The lowest BCUT2D eigenvalue weighted by Crippen LogP contribution is -2.37. The molecule has 2 aromatic rings. The number of ether oxygens (including phenoxy) is 1. The van der Waals surface area contributed by atoms with Crippen LogP contribution in [0.4, 0.5) is 5.82 Å². The van der Waals surface area contributed by atoms with Crippen LogP contribution in [-0.4, -0.2) is 47.3 Å². The standard InChI is InChI=1S/C17H21N3O4S/c1-11(2)13-9-15(20-5-7-23-8-6-20)19-17(18-13)25-10-12-3-4-14(24-12)16(21)22/h3-4,9,11H,5-8,10H2,1-2H3,(H,21,22). The molecule has 2 aromatic heterocycles. The molecule has 0 aliphatic carbocycles. The van der Waals surface area contributed by atoms with Crippen molar-refractivity contribution in [3.8, 4) is 0 Å². The molecule has 1 fully saturated rings. The fraction of sp³-hybridized carbons (Fsp3) is 0.471. The summed E-state index contributed by atoms with van der Waals surface area (Å²) in [6, 6.07) is 5.17. The highest BCUT2D eigenvalue weighted by molar-refractivity contribution is 7.98. The van der Waals surface area contributed by atoms with Gasteiger partial charge in [0.15, 0.2) is 5.16 Å². The van der Waals surface area contributed by atoms with Gasteiger partial charge in [0.2, 0.25) is 5.76 Å². The molecule has 1 N–H and O–H groups in total. The van der Waals surface area contributed by atoms with Crippen molar-refractivity contribution in [1.29, 1.82) is 0 Å². The number of nitrogens with zero attached hydrogens (tertiary/aromatic N) is 3. The number of carbonyl (C=O) groups is 1. The molecule has 8 heteroatoms. The van der Waals surface area contributed by atoms with Crippen LogP contribution in [0.15, 0.2) is 27.8 Å². The van der Waals surface area contributed by atoms with Gasteiger partial charge in [-0.2, -0.15) is 0 Å². The Morgan fingerprint density at radius 3 is 2.72 bits per heavy atom. The van der Waals surface area contributed by atoms with Crippen LogP contribution < -0.4 is 4.90 Å². The first-order valence-corrected chi connectivity index (χ1v) is 9.18. The molecule has 7 nitrogen and oxygen atoms in total. The van der Waals surface area contributed by atoms with E-state index in [4.69, 9.17) is 14.3 Å². The van der Waals surface area contributed by atoms with E-state index in [9.17, 15) is 4.79 Å². The Bertz CT molecular complexity index is 741. The molecule has 0 amide bonds. The Labute approximate surface area is 150 Å². The third kappa shape index (κ3) is 4.52. The minimum Gasteiger partial charge on any atom is -0.475 e. The minimum atomic E-state index is -1.07. The maximum Gasteiger partial charge on any atom is 0.371 e. The van der Waals surface area contributed by atoms with Gasteiger partial charge >= 0.3 is 5.97 Å². The molecule has 0 saturated carbocycles.